The van der Waals surface area contributed by atoms with Crippen LogP contribution >= 0.6 is 15.9 Å². The van der Waals surface area contributed by atoms with Gasteiger partial charge in [-0.25, -0.2) is 8.78 Å². The predicted octanol–water partition coefficient (Wildman–Crippen LogP) is 4.15. The molecular formula is C14H9BrF2O. The molecule has 0 N–H and O–H groups in total. The van der Waals surface area contributed by atoms with Gasteiger partial charge < -0.3 is 0 Å². The van der Waals surface area contributed by atoms with Gasteiger partial charge in [0, 0.05) is 16.5 Å². The monoisotopic (exact) mass is 310 g/mol. The number of ketones is 1. The van der Waals surface area contributed by atoms with Crippen molar-refractivity contribution in [1.82, 2.24) is 0 Å². The highest BCUT2D eigenvalue weighted by atomic mass is 79.9. The van der Waals surface area contributed by atoms with Gasteiger partial charge in [0.1, 0.15) is 11.6 Å². The lowest BCUT2D eigenvalue weighted by Gasteiger charge is -2.05. The average Bonchev–Trinajstić information content (AvgIpc) is 2.35. The standard InChI is InChI=1S/C14H9BrF2O/c15-12-6-5-10(16)8-11(12)14(18)7-9-3-1-2-4-13(9)17/h1-6,8H,7H2. The molecule has 2 aromatic carbocycles. The van der Waals surface area contributed by atoms with Crippen molar-refractivity contribution in [3.05, 3.63) is 69.7 Å². The number of hydrogen-bond donors (Lipinski definition) is 0. The van der Waals surface area contributed by atoms with Gasteiger partial charge in [0.2, 0.25) is 0 Å². The number of halogens is 3. The van der Waals surface area contributed by atoms with Crippen LogP contribution in [0, 0.1) is 11.6 Å². The summed E-state index contributed by atoms with van der Waals surface area (Å²) in [6.07, 6.45) is -0.0886. The number of carbonyl (C=O) groups is 1. The molecule has 0 unspecified atom stereocenters. The molecule has 0 saturated carbocycles. The second-order valence-electron chi connectivity index (χ2n) is 3.82. The van der Waals surface area contributed by atoms with E-state index in [4.69, 9.17) is 0 Å². The molecule has 0 spiro atoms. The van der Waals surface area contributed by atoms with E-state index in [0.717, 1.165) is 6.07 Å². The zero-order valence-corrected chi connectivity index (χ0v) is 10.9. The highest BCUT2D eigenvalue weighted by Crippen LogP contribution is 2.20. The molecule has 0 saturated heterocycles. The van der Waals surface area contributed by atoms with Gasteiger partial charge >= 0.3 is 0 Å². The van der Waals surface area contributed by atoms with Gasteiger partial charge in [-0.3, -0.25) is 4.79 Å². The fourth-order valence-corrected chi connectivity index (χ4v) is 2.09. The van der Waals surface area contributed by atoms with Crippen molar-refractivity contribution >= 4 is 21.7 Å². The van der Waals surface area contributed by atoms with Crippen LogP contribution in [0.25, 0.3) is 0 Å². The molecule has 2 aromatic rings. The van der Waals surface area contributed by atoms with Crippen molar-refractivity contribution in [2.45, 2.75) is 6.42 Å². The lowest BCUT2D eigenvalue weighted by atomic mass is 10.0. The lowest BCUT2D eigenvalue weighted by molar-refractivity contribution is 0.0990. The molecule has 92 valence electrons. The van der Waals surface area contributed by atoms with Crippen molar-refractivity contribution in [1.29, 1.82) is 0 Å². The van der Waals surface area contributed by atoms with Gasteiger partial charge in [-0.1, -0.05) is 34.1 Å². The van der Waals surface area contributed by atoms with E-state index in [0.29, 0.717) is 10.0 Å². The van der Waals surface area contributed by atoms with Crippen molar-refractivity contribution < 1.29 is 13.6 Å². The van der Waals surface area contributed by atoms with Crippen LogP contribution in [0.3, 0.4) is 0 Å². The van der Waals surface area contributed by atoms with Crippen LogP contribution in [0.2, 0.25) is 0 Å². The molecular weight excluding hydrogens is 302 g/mol. The molecule has 0 aliphatic heterocycles. The van der Waals surface area contributed by atoms with Gasteiger partial charge in [-0.2, -0.15) is 0 Å². The maximum absolute atomic E-state index is 13.4. The molecule has 0 radical (unpaired) electrons. The van der Waals surface area contributed by atoms with Crippen LogP contribution in [0.4, 0.5) is 8.78 Å². The smallest absolute Gasteiger partial charge is 0.168 e. The normalized spacial score (nSPS) is 10.4. The molecule has 0 heterocycles. The molecule has 0 fully saturated rings. The number of hydrogen-bond acceptors (Lipinski definition) is 1. The predicted molar refractivity (Wildman–Crippen MR) is 68.5 cm³/mol. The Morgan fingerprint density at radius 1 is 1.11 bits per heavy atom. The van der Waals surface area contributed by atoms with E-state index in [-0.39, 0.29) is 17.8 Å². The first-order valence-electron chi connectivity index (χ1n) is 5.29. The Kier molecular flexibility index (Phi) is 3.87. The van der Waals surface area contributed by atoms with E-state index in [1.165, 1.54) is 18.2 Å². The van der Waals surface area contributed by atoms with E-state index in [1.54, 1.807) is 18.2 Å². The fraction of sp³-hybridized carbons (Fsp3) is 0.0714. The summed E-state index contributed by atoms with van der Waals surface area (Å²) >= 11 is 3.18. The molecule has 1 nitrogen and oxygen atoms in total. The maximum Gasteiger partial charge on any atom is 0.168 e. The fourth-order valence-electron chi connectivity index (χ4n) is 1.62. The minimum absolute atomic E-state index is 0.0886. The van der Waals surface area contributed by atoms with Crippen LogP contribution in [0.1, 0.15) is 15.9 Å². The number of Topliss-reactive ketones (excluding diaryl/α,β-unsaturated/α-hetero) is 1. The largest absolute Gasteiger partial charge is 0.294 e. The molecule has 0 aromatic heterocycles. The van der Waals surface area contributed by atoms with E-state index in [1.807, 2.05) is 0 Å². The third kappa shape index (κ3) is 2.82. The molecule has 4 heteroatoms. The Hall–Kier alpha value is -1.55. The second kappa shape index (κ2) is 5.40. The van der Waals surface area contributed by atoms with E-state index in [9.17, 15) is 13.6 Å². The van der Waals surface area contributed by atoms with Crippen LogP contribution in [-0.2, 0) is 6.42 Å². The molecule has 0 atom stereocenters. The lowest BCUT2D eigenvalue weighted by Crippen LogP contribution is -2.06. The first-order valence-corrected chi connectivity index (χ1v) is 6.09. The van der Waals surface area contributed by atoms with Gasteiger partial charge in [-0.05, 0) is 29.8 Å². The molecule has 0 amide bonds. The third-order valence-electron chi connectivity index (χ3n) is 2.54. The maximum atomic E-state index is 13.4. The molecule has 18 heavy (non-hydrogen) atoms. The van der Waals surface area contributed by atoms with Gasteiger partial charge in [-0.15, -0.1) is 0 Å². The summed E-state index contributed by atoms with van der Waals surface area (Å²) in [4.78, 5) is 12.0. The summed E-state index contributed by atoms with van der Waals surface area (Å²) in [5.41, 5.74) is 0.525. The summed E-state index contributed by atoms with van der Waals surface area (Å²) in [6.45, 7) is 0. The van der Waals surface area contributed by atoms with Gasteiger partial charge in [0.25, 0.3) is 0 Å². The topological polar surface area (TPSA) is 17.1 Å². The SMILES string of the molecule is O=C(Cc1ccccc1F)c1cc(F)ccc1Br. The third-order valence-corrected chi connectivity index (χ3v) is 3.23. The number of rotatable bonds is 3. The van der Waals surface area contributed by atoms with E-state index in [2.05, 4.69) is 15.9 Å². The van der Waals surface area contributed by atoms with Crippen molar-refractivity contribution in [3.63, 3.8) is 0 Å². The Balaban J connectivity index is 2.28. The summed E-state index contributed by atoms with van der Waals surface area (Å²) in [6, 6.07) is 9.92. The van der Waals surface area contributed by atoms with Crippen LogP contribution in [-0.4, -0.2) is 5.78 Å². The summed E-state index contributed by atoms with van der Waals surface area (Å²) in [5, 5.41) is 0. The zero-order chi connectivity index (χ0) is 13.1. The minimum atomic E-state index is -0.491. The quantitative estimate of drug-likeness (QED) is 0.778. The van der Waals surface area contributed by atoms with Gasteiger partial charge in [0.05, 0.1) is 0 Å². The van der Waals surface area contributed by atoms with Crippen LogP contribution in [0.15, 0.2) is 46.9 Å². The van der Waals surface area contributed by atoms with Crippen LogP contribution < -0.4 is 0 Å². The molecule has 0 aliphatic carbocycles. The highest BCUT2D eigenvalue weighted by Gasteiger charge is 2.13. The van der Waals surface area contributed by atoms with Crippen molar-refractivity contribution in [3.8, 4) is 0 Å². The van der Waals surface area contributed by atoms with Gasteiger partial charge in [0.15, 0.2) is 5.78 Å². The Bertz CT molecular complexity index is 596. The van der Waals surface area contributed by atoms with Crippen molar-refractivity contribution in [2.75, 3.05) is 0 Å². The highest BCUT2D eigenvalue weighted by molar-refractivity contribution is 9.10. The van der Waals surface area contributed by atoms with E-state index < -0.39 is 11.6 Å². The summed E-state index contributed by atoms with van der Waals surface area (Å²) < 4.78 is 27.0. The Labute approximate surface area is 112 Å². The Morgan fingerprint density at radius 3 is 2.56 bits per heavy atom. The van der Waals surface area contributed by atoms with Crippen molar-refractivity contribution in [2.24, 2.45) is 0 Å². The van der Waals surface area contributed by atoms with E-state index >= 15 is 0 Å². The van der Waals surface area contributed by atoms with Crippen LogP contribution in [0.5, 0.6) is 0 Å². The minimum Gasteiger partial charge on any atom is -0.294 e. The summed E-state index contributed by atoms with van der Waals surface area (Å²) in [7, 11) is 0. The average molecular weight is 311 g/mol. The first kappa shape index (κ1) is 12.9. The summed E-state index contributed by atoms with van der Waals surface area (Å²) in [5.74, 6) is -1.25. The zero-order valence-electron chi connectivity index (χ0n) is 9.29. The number of carbonyl (C=O) groups excluding carboxylic acids is 1. The Morgan fingerprint density at radius 2 is 1.83 bits per heavy atom. The second-order valence-corrected chi connectivity index (χ2v) is 4.67. The molecule has 0 bridgehead atoms. The molecule has 2 rings (SSSR count). The first-order chi connectivity index (χ1) is 8.58. The number of benzene rings is 2. The molecule has 0 aliphatic rings.